The minimum absolute atomic E-state index is 0.0480. The van der Waals surface area contributed by atoms with Crippen LogP contribution in [0.2, 0.25) is 0 Å². The summed E-state index contributed by atoms with van der Waals surface area (Å²) in [6, 6.07) is 0. The van der Waals surface area contributed by atoms with Gasteiger partial charge in [0.2, 0.25) is 0 Å². The van der Waals surface area contributed by atoms with E-state index in [2.05, 4.69) is 15.0 Å². The number of hydrogen-bond donors (Lipinski definition) is 1. The number of ether oxygens (including phenoxy) is 1. The van der Waals surface area contributed by atoms with Crippen LogP contribution in [0.25, 0.3) is 0 Å². The molecule has 102 valence electrons. The molecule has 0 fully saturated rings. The van der Waals surface area contributed by atoms with Crippen LogP contribution < -0.4 is 0 Å². The Morgan fingerprint density at radius 1 is 1.50 bits per heavy atom. The third kappa shape index (κ3) is 6.18. The molecule has 1 aromatic rings. The number of rotatable bonds is 7. The first-order valence-corrected chi connectivity index (χ1v) is 5.12. The van der Waals surface area contributed by atoms with Gasteiger partial charge in [0.1, 0.15) is 6.61 Å². The Bertz CT molecular complexity index is 392. The number of aromatic nitrogens is 3. The summed E-state index contributed by atoms with van der Waals surface area (Å²) in [5.41, 5.74) is 0.304. The lowest BCUT2D eigenvalue weighted by Gasteiger charge is -2.06. The molecule has 0 amide bonds. The van der Waals surface area contributed by atoms with E-state index in [-0.39, 0.29) is 13.0 Å². The van der Waals surface area contributed by atoms with Crippen molar-refractivity contribution in [1.29, 1.82) is 0 Å². The van der Waals surface area contributed by atoms with Crippen molar-refractivity contribution in [2.75, 3.05) is 13.2 Å². The molecule has 0 unspecified atom stereocenters. The van der Waals surface area contributed by atoms with Crippen LogP contribution in [-0.2, 0) is 22.5 Å². The molecule has 0 aliphatic rings. The van der Waals surface area contributed by atoms with Gasteiger partial charge in [-0.1, -0.05) is 5.21 Å². The van der Waals surface area contributed by atoms with Gasteiger partial charge < -0.3 is 9.84 Å². The highest BCUT2D eigenvalue weighted by Crippen LogP contribution is 2.14. The summed E-state index contributed by atoms with van der Waals surface area (Å²) in [5.74, 6) is -1.02. The van der Waals surface area contributed by atoms with E-state index in [1.54, 1.807) is 0 Å². The van der Waals surface area contributed by atoms with Gasteiger partial charge in [0.05, 0.1) is 12.1 Å². The Labute approximate surface area is 100 Å². The zero-order valence-electron chi connectivity index (χ0n) is 9.35. The van der Waals surface area contributed by atoms with Crippen LogP contribution in [0, 0.1) is 0 Å². The van der Waals surface area contributed by atoms with Gasteiger partial charge in [-0.3, -0.25) is 9.48 Å². The number of carboxylic acid groups (broad SMARTS) is 1. The van der Waals surface area contributed by atoms with Gasteiger partial charge in [-0.05, 0) is 6.42 Å². The van der Waals surface area contributed by atoms with Crippen LogP contribution >= 0.6 is 0 Å². The Hall–Kier alpha value is -1.64. The second-order valence-corrected chi connectivity index (χ2v) is 3.56. The predicted molar refractivity (Wildman–Crippen MR) is 52.9 cm³/mol. The molecular formula is C9H12F3N3O3. The highest BCUT2D eigenvalue weighted by Gasteiger charge is 2.27. The van der Waals surface area contributed by atoms with E-state index in [0.29, 0.717) is 18.7 Å². The van der Waals surface area contributed by atoms with Crippen molar-refractivity contribution in [3.8, 4) is 0 Å². The molecule has 0 aliphatic carbocycles. The standard InChI is InChI=1S/C9H12F3N3O3/c10-9(11,12)6-18-3-1-2-15-5-7(13-14-15)4-8(16)17/h5H,1-4,6H2,(H,16,17). The molecule has 1 rings (SSSR count). The smallest absolute Gasteiger partial charge is 0.411 e. The quantitative estimate of drug-likeness (QED) is 0.742. The lowest BCUT2D eigenvalue weighted by Crippen LogP contribution is -2.17. The number of aryl methyl sites for hydroxylation is 1. The summed E-state index contributed by atoms with van der Waals surface area (Å²) in [7, 11) is 0. The van der Waals surface area contributed by atoms with Crippen molar-refractivity contribution in [3.63, 3.8) is 0 Å². The van der Waals surface area contributed by atoms with Gasteiger partial charge in [-0.15, -0.1) is 5.10 Å². The van der Waals surface area contributed by atoms with Gasteiger partial charge in [0, 0.05) is 19.3 Å². The van der Waals surface area contributed by atoms with Gasteiger partial charge in [-0.25, -0.2) is 0 Å². The van der Waals surface area contributed by atoms with Gasteiger partial charge in [-0.2, -0.15) is 13.2 Å². The molecule has 1 heterocycles. The number of nitrogens with zero attached hydrogens (tertiary/aromatic N) is 3. The number of aliphatic carboxylic acids is 1. The van der Waals surface area contributed by atoms with Crippen molar-refractivity contribution < 1.29 is 27.8 Å². The second-order valence-electron chi connectivity index (χ2n) is 3.56. The average Bonchev–Trinajstić information content (AvgIpc) is 2.62. The Balaban J connectivity index is 2.19. The zero-order chi connectivity index (χ0) is 13.6. The van der Waals surface area contributed by atoms with Crippen molar-refractivity contribution in [3.05, 3.63) is 11.9 Å². The molecule has 0 radical (unpaired) electrons. The van der Waals surface area contributed by atoms with E-state index >= 15 is 0 Å². The summed E-state index contributed by atoms with van der Waals surface area (Å²) < 4.78 is 40.9. The van der Waals surface area contributed by atoms with Gasteiger partial charge in [0.25, 0.3) is 0 Å². The number of hydrogen-bond acceptors (Lipinski definition) is 4. The molecule has 0 bridgehead atoms. The first-order chi connectivity index (χ1) is 8.37. The van der Waals surface area contributed by atoms with E-state index in [9.17, 15) is 18.0 Å². The summed E-state index contributed by atoms with van der Waals surface area (Å²) in [5, 5.41) is 15.7. The van der Waals surface area contributed by atoms with E-state index < -0.39 is 18.8 Å². The first-order valence-electron chi connectivity index (χ1n) is 5.12. The summed E-state index contributed by atoms with van der Waals surface area (Å²) in [6.07, 6.45) is -2.77. The van der Waals surface area contributed by atoms with Crippen LogP contribution in [0.3, 0.4) is 0 Å². The van der Waals surface area contributed by atoms with Crippen LogP contribution in [0.1, 0.15) is 12.1 Å². The minimum Gasteiger partial charge on any atom is -0.481 e. The lowest BCUT2D eigenvalue weighted by molar-refractivity contribution is -0.174. The highest BCUT2D eigenvalue weighted by atomic mass is 19.4. The molecule has 0 spiro atoms. The fourth-order valence-corrected chi connectivity index (χ4v) is 1.20. The highest BCUT2D eigenvalue weighted by molar-refractivity contribution is 5.69. The van der Waals surface area contributed by atoms with Crippen molar-refractivity contribution in [1.82, 2.24) is 15.0 Å². The van der Waals surface area contributed by atoms with Crippen LogP contribution in [-0.4, -0.2) is 45.5 Å². The fourth-order valence-electron chi connectivity index (χ4n) is 1.20. The molecule has 0 aliphatic heterocycles. The Morgan fingerprint density at radius 2 is 2.22 bits per heavy atom. The van der Waals surface area contributed by atoms with Gasteiger partial charge >= 0.3 is 12.1 Å². The minimum atomic E-state index is -4.32. The maximum Gasteiger partial charge on any atom is 0.411 e. The van der Waals surface area contributed by atoms with Crippen molar-refractivity contribution in [2.24, 2.45) is 0 Å². The van der Waals surface area contributed by atoms with Crippen molar-refractivity contribution in [2.45, 2.75) is 25.6 Å². The summed E-state index contributed by atoms with van der Waals surface area (Å²) in [6.45, 7) is -0.993. The first kappa shape index (κ1) is 14.4. The predicted octanol–water partition coefficient (Wildman–Crippen LogP) is 0.874. The number of alkyl halides is 3. The monoisotopic (exact) mass is 267 g/mol. The van der Waals surface area contributed by atoms with Gasteiger partial charge in [0.15, 0.2) is 0 Å². The largest absolute Gasteiger partial charge is 0.481 e. The van der Waals surface area contributed by atoms with E-state index in [4.69, 9.17) is 5.11 Å². The maximum atomic E-state index is 11.7. The summed E-state index contributed by atoms with van der Waals surface area (Å²) in [4.78, 5) is 10.4. The third-order valence-corrected chi connectivity index (χ3v) is 1.86. The molecule has 0 saturated heterocycles. The lowest BCUT2D eigenvalue weighted by atomic mass is 10.3. The molecule has 0 saturated carbocycles. The topological polar surface area (TPSA) is 77.2 Å². The SMILES string of the molecule is O=C(O)Cc1cn(CCCOCC(F)(F)F)nn1. The third-order valence-electron chi connectivity index (χ3n) is 1.86. The molecule has 1 aromatic heterocycles. The van der Waals surface area contributed by atoms with Crippen LogP contribution in [0.5, 0.6) is 0 Å². The number of halogens is 3. The molecule has 1 N–H and O–H groups in total. The second kappa shape index (κ2) is 6.34. The number of carbonyl (C=O) groups is 1. The van der Waals surface area contributed by atoms with Crippen LogP contribution in [0.4, 0.5) is 13.2 Å². The van der Waals surface area contributed by atoms with E-state index in [1.807, 2.05) is 0 Å². The molecular weight excluding hydrogens is 255 g/mol. The van der Waals surface area contributed by atoms with Crippen molar-refractivity contribution >= 4 is 5.97 Å². The van der Waals surface area contributed by atoms with Crippen LogP contribution in [0.15, 0.2) is 6.20 Å². The molecule has 9 heteroatoms. The van der Waals surface area contributed by atoms with E-state index in [1.165, 1.54) is 10.9 Å². The molecule has 0 atom stereocenters. The molecule has 6 nitrogen and oxygen atoms in total. The average molecular weight is 267 g/mol. The molecule has 0 aromatic carbocycles. The normalized spacial score (nSPS) is 11.7. The maximum absolute atomic E-state index is 11.7. The number of carboxylic acids is 1. The summed E-state index contributed by atoms with van der Waals surface area (Å²) >= 11 is 0. The molecule has 18 heavy (non-hydrogen) atoms. The zero-order valence-corrected chi connectivity index (χ0v) is 9.35. The Morgan fingerprint density at radius 3 is 2.83 bits per heavy atom. The van der Waals surface area contributed by atoms with E-state index in [0.717, 1.165) is 0 Å². The Kier molecular flexibility index (Phi) is 5.08. The fraction of sp³-hybridized carbons (Fsp3) is 0.667.